The molecule has 0 heterocycles. The molecule has 0 saturated carbocycles. The van der Waals surface area contributed by atoms with Gasteiger partial charge in [-0.05, 0) is 67.3 Å². The fourth-order valence-corrected chi connectivity index (χ4v) is 5.76. The molecule has 3 rings (SSSR count). The van der Waals surface area contributed by atoms with E-state index in [-0.39, 0.29) is 43.8 Å². The second-order valence-corrected chi connectivity index (χ2v) is 12.7. The first-order valence-corrected chi connectivity index (χ1v) is 16.2. The van der Waals surface area contributed by atoms with Crippen LogP contribution in [0.1, 0.15) is 44.2 Å². The van der Waals surface area contributed by atoms with Crippen LogP contribution in [-0.4, -0.2) is 57.1 Å². The Labute approximate surface area is 254 Å². The number of anilines is 1. The number of nitrogens with one attached hydrogen (secondary N) is 1. The van der Waals surface area contributed by atoms with Gasteiger partial charge in [0.15, 0.2) is 0 Å². The molecule has 42 heavy (non-hydrogen) atoms. The summed E-state index contributed by atoms with van der Waals surface area (Å²) in [6.45, 7) is 4.20. The van der Waals surface area contributed by atoms with Crippen molar-refractivity contribution in [2.75, 3.05) is 24.2 Å². The zero-order valence-corrected chi connectivity index (χ0v) is 26.2. The molecule has 3 aromatic rings. The molecule has 3 aromatic carbocycles. The number of nitrogens with zero attached hydrogens (tertiary/aromatic N) is 2. The van der Waals surface area contributed by atoms with Crippen molar-refractivity contribution in [1.82, 2.24) is 10.2 Å². The van der Waals surface area contributed by atoms with E-state index in [2.05, 4.69) is 5.32 Å². The zero-order chi connectivity index (χ0) is 30.7. The maximum Gasteiger partial charge on any atom is 0.243 e. The third kappa shape index (κ3) is 9.77. The number of methoxy groups -OCH3 is 1. The summed E-state index contributed by atoms with van der Waals surface area (Å²) < 4.78 is 31.7. The van der Waals surface area contributed by atoms with Gasteiger partial charge >= 0.3 is 0 Å². The van der Waals surface area contributed by atoms with Crippen LogP contribution in [0.15, 0.2) is 78.9 Å². The van der Waals surface area contributed by atoms with E-state index in [1.165, 1.54) is 4.31 Å². The molecular weight excluding hydrogens is 574 g/mol. The van der Waals surface area contributed by atoms with Gasteiger partial charge in [-0.1, -0.05) is 61.0 Å². The Balaban J connectivity index is 1.88. The number of halogens is 1. The van der Waals surface area contributed by atoms with E-state index in [4.69, 9.17) is 16.3 Å². The third-order valence-electron chi connectivity index (χ3n) is 7.03. The van der Waals surface area contributed by atoms with Gasteiger partial charge in [0.2, 0.25) is 21.8 Å². The molecule has 10 heteroatoms. The number of hydrogen-bond donors (Lipinski definition) is 1. The van der Waals surface area contributed by atoms with E-state index in [1.54, 1.807) is 48.4 Å². The molecular formula is C32H40ClN3O5S. The first-order valence-electron chi connectivity index (χ1n) is 14.0. The molecule has 8 nitrogen and oxygen atoms in total. The van der Waals surface area contributed by atoms with Gasteiger partial charge in [-0.3, -0.25) is 13.9 Å². The minimum absolute atomic E-state index is 0.0463. The van der Waals surface area contributed by atoms with Crippen LogP contribution < -0.4 is 14.4 Å². The predicted molar refractivity (Wildman–Crippen MR) is 168 cm³/mol. The van der Waals surface area contributed by atoms with Crippen LogP contribution in [-0.2, 0) is 32.6 Å². The lowest BCUT2D eigenvalue weighted by Crippen LogP contribution is -2.52. The highest BCUT2D eigenvalue weighted by Crippen LogP contribution is 2.23. The molecule has 0 aliphatic carbocycles. The monoisotopic (exact) mass is 613 g/mol. The molecule has 2 amide bonds. The third-order valence-corrected chi connectivity index (χ3v) is 8.46. The molecule has 1 N–H and O–H groups in total. The fourth-order valence-electron chi connectivity index (χ4n) is 4.58. The van der Waals surface area contributed by atoms with Gasteiger partial charge in [0.05, 0.1) is 19.1 Å². The summed E-state index contributed by atoms with van der Waals surface area (Å²) in [5.41, 5.74) is 2.20. The molecule has 2 atom stereocenters. The van der Waals surface area contributed by atoms with Crippen molar-refractivity contribution in [3.63, 3.8) is 0 Å². The van der Waals surface area contributed by atoms with E-state index in [0.29, 0.717) is 22.9 Å². The number of carbonyl (C=O) groups is 2. The lowest BCUT2D eigenvalue weighted by molar-refractivity contribution is -0.141. The van der Waals surface area contributed by atoms with Crippen molar-refractivity contribution in [3.05, 3.63) is 95.0 Å². The average Bonchev–Trinajstić information content (AvgIpc) is 2.97. The number of benzene rings is 3. The second-order valence-electron chi connectivity index (χ2n) is 10.3. The molecule has 0 radical (unpaired) electrons. The Bertz CT molecular complexity index is 1420. The van der Waals surface area contributed by atoms with E-state index >= 15 is 0 Å². The average molecular weight is 614 g/mol. The number of ether oxygens (including phenoxy) is 1. The van der Waals surface area contributed by atoms with Crippen molar-refractivity contribution >= 4 is 39.1 Å². The molecule has 0 bridgehead atoms. The van der Waals surface area contributed by atoms with Crippen LogP contribution in [0.25, 0.3) is 0 Å². The van der Waals surface area contributed by atoms with E-state index in [9.17, 15) is 18.0 Å². The summed E-state index contributed by atoms with van der Waals surface area (Å²) in [4.78, 5) is 29.1. The van der Waals surface area contributed by atoms with Gasteiger partial charge in [-0.25, -0.2) is 8.42 Å². The van der Waals surface area contributed by atoms with Crippen LogP contribution in [0.4, 0.5) is 5.69 Å². The van der Waals surface area contributed by atoms with E-state index in [0.717, 1.165) is 23.8 Å². The van der Waals surface area contributed by atoms with Crippen LogP contribution in [0.3, 0.4) is 0 Å². The van der Waals surface area contributed by atoms with Crippen molar-refractivity contribution in [2.24, 2.45) is 0 Å². The van der Waals surface area contributed by atoms with Gasteiger partial charge in [-0.2, -0.15) is 0 Å². The predicted octanol–water partition coefficient (Wildman–Crippen LogP) is 5.45. The van der Waals surface area contributed by atoms with Crippen LogP contribution in [0, 0.1) is 0 Å². The normalized spacial score (nSPS) is 12.7. The number of sulfonamides is 1. The lowest BCUT2D eigenvalue weighted by Gasteiger charge is -2.32. The Kier molecular flexibility index (Phi) is 12.2. The van der Waals surface area contributed by atoms with Crippen LogP contribution >= 0.6 is 11.6 Å². The number of rotatable bonds is 15. The Morgan fingerprint density at radius 2 is 1.64 bits per heavy atom. The van der Waals surface area contributed by atoms with Crippen LogP contribution in [0.2, 0.25) is 5.02 Å². The summed E-state index contributed by atoms with van der Waals surface area (Å²) in [5, 5.41) is 3.58. The fraction of sp³-hybridized carbons (Fsp3) is 0.375. The summed E-state index contributed by atoms with van der Waals surface area (Å²) >= 11 is 6.25. The highest BCUT2D eigenvalue weighted by molar-refractivity contribution is 7.92. The molecule has 0 unspecified atom stereocenters. The molecule has 0 aromatic heterocycles. The topological polar surface area (TPSA) is 96.0 Å². The molecule has 0 saturated heterocycles. The SMILES string of the molecule is CC[C@H](C)NC(=O)[C@H](Cc1ccccc1)N(Cc1cccc(Cl)c1)C(=O)CCCN(c1ccc(OC)cc1)S(C)(=O)=O. The number of amides is 2. The van der Waals surface area contributed by atoms with Gasteiger partial charge in [0.1, 0.15) is 11.8 Å². The largest absolute Gasteiger partial charge is 0.497 e. The lowest BCUT2D eigenvalue weighted by atomic mass is 10.0. The molecule has 0 aliphatic rings. The minimum Gasteiger partial charge on any atom is -0.497 e. The Morgan fingerprint density at radius 1 is 0.976 bits per heavy atom. The highest BCUT2D eigenvalue weighted by atomic mass is 35.5. The molecule has 0 fully saturated rings. The summed E-state index contributed by atoms with van der Waals surface area (Å²) in [5.74, 6) is 0.122. The minimum atomic E-state index is -3.61. The first-order chi connectivity index (χ1) is 20.0. The quantitative estimate of drug-likeness (QED) is 0.246. The standard InChI is InChI=1S/C32H40ClN3O5S/c1-5-24(2)34-32(38)30(22-25-11-7-6-8-12-25)35(23-26-13-9-14-27(33)21-26)31(37)15-10-20-36(42(4,39)40)28-16-18-29(41-3)19-17-28/h6-9,11-14,16-19,21,24,30H,5,10,15,20,22-23H2,1-4H3,(H,34,38)/t24-,30-/m0/s1. The second kappa shape index (κ2) is 15.6. The Morgan fingerprint density at radius 3 is 2.24 bits per heavy atom. The first kappa shape index (κ1) is 32.9. The zero-order valence-electron chi connectivity index (χ0n) is 24.6. The van der Waals surface area contributed by atoms with Gasteiger partial charge in [0, 0.05) is 37.0 Å². The van der Waals surface area contributed by atoms with Crippen LogP contribution in [0.5, 0.6) is 5.75 Å². The number of carbonyl (C=O) groups excluding carboxylic acids is 2. The van der Waals surface area contributed by atoms with Crippen molar-refractivity contribution < 1.29 is 22.7 Å². The summed E-state index contributed by atoms with van der Waals surface area (Å²) in [6.07, 6.45) is 2.52. The molecule has 0 aliphatic heterocycles. The van der Waals surface area contributed by atoms with Crippen molar-refractivity contribution in [1.29, 1.82) is 0 Å². The smallest absolute Gasteiger partial charge is 0.243 e. The molecule has 226 valence electrons. The van der Waals surface area contributed by atoms with E-state index < -0.39 is 16.1 Å². The Hall–Kier alpha value is -3.56. The maximum absolute atomic E-state index is 13.9. The van der Waals surface area contributed by atoms with Crippen molar-refractivity contribution in [2.45, 2.75) is 58.2 Å². The maximum atomic E-state index is 13.9. The van der Waals surface area contributed by atoms with Gasteiger partial charge in [-0.15, -0.1) is 0 Å². The van der Waals surface area contributed by atoms with Gasteiger partial charge < -0.3 is 15.0 Å². The summed E-state index contributed by atoms with van der Waals surface area (Å²) in [6, 6.07) is 22.7. The summed E-state index contributed by atoms with van der Waals surface area (Å²) in [7, 11) is -2.07. The highest BCUT2D eigenvalue weighted by Gasteiger charge is 2.31. The number of hydrogen-bond acceptors (Lipinski definition) is 5. The van der Waals surface area contributed by atoms with E-state index in [1.807, 2.05) is 56.3 Å². The molecule has 0 spiro atoms. The van der Waals surface area contributed by atoms with Gasteiger partial charge in [0.25, 0.3) is 0 Å². The van der Waals surface area contributed by atoms with Crippen molar-refractivity contribution in [3.8, 4) is 5.75 Å².